The Kier molecular flexibility index (Phi) is 8.90. The lowest BCUT2D eigenvalue weighted by Crippen LogP contribution is -2.42. The number of carbonyl (C=O) groups is 1. The first kappa shape index (κ1) is 28.9. The minimum absolute atomic E-state index is 0.0682. The van der Waals surface area contributed by atoms with Gasteiger partial charge in [0, 0.05) is 37.9 Å². The van der Waals surface area contributed by atoms with Crippen molar-refractivity contribution in [3.8, 4) is 0 Å². The highest BCUT2D eigenvalue weighted by molar-refractivity contribution is 7.89. The quantitative estimate of drug-likeness (QED) is 0.362. The minimum atomic E-state index is -3.70. The molecule has 10 heteroatoms. The van der Waals surface area contributed by atoms with E-state index in [1.54, 1.807) is 24.3 Å². The molecule has 1 fully saturated rings. The number of benzene rings is 3. The Morgan fingerprint density at radius 3 is 2.15 bits per heavy atom. The summed E-state index contributed by atoms with van der Waals surface area (Å²) in [6, 6.07) is 21.7. The Hall–Kier alpha value is -3.05. The zero-order chi connectivity index (χ0) is 28.2. The monoisotopic (exact) mass is 569 g/mol. The maximum absolute atomic E-state index is 13.2. The highest BCUT2D eigenvalue weighted by Crippen LogP contribution is 2.27. The van der Waals surface area contributed by atoms with E-state index in [0.717, 1.165) is 12.0 Å². The second kappa shape index (κ2) is 12.0. The van der Waals surface area contributed by atoms with Gasteiger partial charge in [0.05, 0.1) is 16.3 Å². The van der Waals surface area contributed by atoms with Crippen molar-refractivity contribution in [2.45, 2.75) is 36.6 Å². The standard InChI is InChI=1S/C29H35N3O5S2/c1-22-16-23(2)20-32(19-22)39(36,37)28-11-7-10-25(17-28)29(33)18-30-26-12-14-27(15-13-26)38(34,35)31(3)21-24-8-5-4-6-9-24/h4-15,17,22-23,30H,16,18-21H2,1-3H3. The molecular weight excluding hydrogens is 534 g/mol. The molecule has 1 saturated heterocycles. The number of piperidine rings is 1. The number of anilines is 1. The van der Waals surface area contributed by atoms with E-state index in [9.17, 15) is 21.6 Å². The van der Waals surface area contributed by atoms with Crippen LogP contribution in [0.3, 0.4) is 0 Å². The third-order valence-corrected chi connectivity index (χ3v) is 10.5. The molecule has 3 aromatic rings. The van der Waals surface area contributed by atoms with E-state index in [-0.39, 0.29) is 40.5 Å². The number of hydrogen-bond donors (Lipinski definition) is 1. The Bertz CT molecular complexity index is 1500. The molecule has 39 heavy (non-hydrogen) atoms. The van der Waals surface area contributed by atoms with Crippen LogP contribution in [0.4, 0.5) is 5.69 Å². The van der Waals surface area contributed by atoms with E-state index in [0.29, 0.717) is 24.3 Å². The Morgan fingerprint density at radius 1 is 0.872 bits per heavy atom. The number of sulfonamides is 2. The molecule has 1 N–H and O–H groups in total. The fourth-order valence-electron chi connectivity index (χ4n) is 4.92. The van der Waals surface area contributed by atoms with Crippen molar-refractivity contribution in [3.63, 3.8) is 0 Å². The van der Waals surface area contributed by atoms with Crippen LogP contribution in [0.2, 0.25) is 0 Å². The smallest absolute Gasteiger partial charge is 0.243 e. The molecule has 2 atom stereocenters. The molecule has 3 aromatic carbocycles. The summed E-state index contributed by atoms with van der Waals surface area (Å²) < 4.78 is 55.2. The second-order valence-electron chi connectivity index (χ2n) is 10.3. The summed E-state index contributed by atoms with van der Waals surface area (Å²) in [5, 5.41) is 3.01. The van der Waals surface area contributed by atoms with Crippen LogP contribution in [0.1, 0.15) is 36.2 Å². The first-order valence-corrected chi connectivity index (χ1v) is 15.8. The maximum atomic E-state index is 13.2. The SMILES string of the molecule is CC1CC(C)CN(S(=O)(=O)c2cccc(C(=O)CNc3ccc(S(=O)(=O)N(C)Cc4ccccc4)cc3)c2)C1. The van der Waals surface area contributed by atoms with Crippen LogP contribution in [-0.2, 0) is 26.6 Å². The average Bonchev–Trinajstić information content (AvgIpc) is 2.92. The van der Waals surface area contributed by atoms with Crippen molar-refractivity contribution < 1.29 is 21.6 Å². The molecule has 0 radical (unpaired) electrons. The van der Waals surface area contributed by atoms with Gasteiger partial charge in [-0.2, -0.15) is 8.61 Å². The van der Waals surface area contributed by atoms with Gasteiger partial charge in [-0.25, -0.2) is 16.8 Å². The van der Waals surface area contributed by atoms with Crippen molar-refractivity contribution in [1.29, 1.82) is 0 Å². The van der Waals surface area contributed by atoms with Crippen molar-refractivity contribution in [1.82, 2.24) is 8.61 Å². The molecule has 4 rings (SSSR count). The fraction of sp³-hybridized carbons (Fsp3) is 0.345. The largest absolute Gasteiger partial charge is 0.378 e. The van der Waals surface area contributed by atoms with Crippen LogP contribution < -0.4 is 5.32 Å². The zero-order valence-corrected chi connectivity index (χ0v) is 24.1. The first-order chi connectivity index (χ1) is 18.5. The van der Waals surface area contributed by atoms with Crippen molar-refractivity contribution in [2.24, 2.45) is 11.8 Å². The number of rotatable bonds is 10. The number of Topliss-reactive ketones (excluding diaryl/α,β-unsaturated/α-hetero) is 1. The maximum Gasteiger partial charge on any atom is 0.243 e. The predicted octanol–water partition coefficient (Wildman–Crippen LogP) is 4.47. The number of carbonyl (C=O) groups excluding carboxylic acids is 1. The molecule has 1 heterocycles. The summed E-state index contributed by atoms with van der Waals surface area (Å²) in [7, 11) is -5.85. The lowest BCUT2D eigenvalue weighted by Gasteiger charge is -2.34. The van der Waals surface area contributed by atoms with E-state index in [1.165, 1.54) is 39.9 Å². The van der Waals surface area contributed by atoms with E-state index >= 15 is 0 Å². The molecule has 1 aliphatic heterocycles. The Balaban J connectivity index is 1.39. The molecule has 8 nitrogen and oxygen atoms in total. The van der Waals surface area contributed by atoms with E-state index in [4.69, 9.17) is 0 Å². The molecule has 0 bridgehead atoms. The van der Waals surface area contributed by atoms with Gasteiger partial charge in [-0.3, -0.25) is 4.79 Å². The number of nitrogens with one attached hydrogen (secondary N) is 1. The third kappa shape index (κ3) is 6.94. The topological polar surface area (TPSA) is 104 Å². The van der Waals surface area contributed by atoms with Crippen LogP contribution in [0.5, 0.6) is 0 Å². The molecule has 0 aromatic heterocycles. The van der Waals surface area contributed by atoms with Gasteiger partial charge in [-0.1, -0.05) is 56.3 Å². The van der Waals surface area contributed by atoms with E-state index < -0.39 is 20.0 Å². The van der Waals surface area contributed by atoms with Crippen LogP contribution in [0.25, 0.3) is 0 Å². The summed E-state index contributed by atoms with van der Waals surface area (Å²) in [5.41, 5.74) is 1.76. The molecule has 1 aliphatic rings. The van der Waals surface area contributed by atoms with Crippen LogP contribution >= 0.6 is 0 Å². The van der Waals surface area contributed by atoms with Gasteiger partial charge in [-0.05, 0) is 60.2 Å². The predicted molar refractivity (Wildman–Crippen MR) is 153 cm³/mol. The minimum Gasteiger partial charge on any atom is -0.378 e. The van der Waals surface area contributed by atoms with E-state index in [2.05, 4.69) is 19.2 Å². The van der Waals surface area contributed by atoms with Crippen molar-refractivity contribution in [2.75, 3.05) is 32.0 Å². The zero-order valence-electron chi connectivity index (χ0n) is 22.4. The van der Waals surface area contributed by atoms with Gasteiger partial charge in [0.15, 0.2) is 5.78 Å². The second-order valence-corrected chi connectivity index (χ2v) is 14.3. The summed E-state index contributed by atoms with van der Waals surface area (Å²) in [6.45, 7) is 5.23. The van der Waals surface area contributed by atoms with Crippen LogP contribution in [-0.4, -0.2) is 57.9 Å². The van der Waals surface area contributed by atoms with E-state index in [1.807, 2.05) is 30.3 Å². The number of ketones is 1. The van der Waals surface area contributed by atoms with Crippen LogP contribution in [0, 0.1) is 11.8 Å². The third-order valence-electron chi connectivity index (χ3n) is 6.89. The summed E-state index contributed by atoms with van der Waals surface area (Å²) in [5.74, 6) is 0.290. The number of hydrogen-bond acceptors (Lipinski definition) is 6. The van der Waals surface area contributed by atoms with Crippen LogP contribution in [0.15, 0.2) is 88.7 Å². The molecule has 0 spiro atoms. The lowest BCUT2D eigenvalue weighted by molar-refractivity contribution is 0.101. The van der Waals surface area contributed by atoms with Crippen molar-refractivity contribution >= 4 is 31.5 Å². The van der Waals surface area contributed by atoms with Gasteiger partial charge < -0.3 is 5.32 Å². The van der Waals surface area contributed by atoms with Gasteiger partial charge in [-0.15, -0.1) is 0 Å². The van der Waals surface area contributed by atoms with Gasteiger partial charge >= 0.3 is 0 Å². The molecule has 0 saturated carbocycles. The average molecular weight is 570 g/mol. The number of nitrogens with zero attached hydrogens (tertiary/aromatic N) is 2. The highest BCUT2D eigenvalue weighted by atomic mass is 32.2. The summed E-state index contributed by atoms with van der Waals surface area (Å²) in [6.07, 6.45) is 0.994. The van der Waals surface area contributed by atoms with Gasteiger partial charge in [0.1, 0.15) is 0 Å². The molecule has 2 unspecified atom stereocenters. The molecular formula is C29H35N3O5S2. The van der Waals surface area contributed by atoms with Gasteiger partial charge in [0.25, 0.3) is 0 Å². The Morgan fingerprint density at radius 2 is 1.51 bits per heavy atom. The summed E-state index contributed by atoms with van der Waals surface area (Å²) in [4.78, 5) is 13.2. The van der Waals surface area contributed by atoms with Crippen molar-refractivity contribution in [3.05, 3.63) is 90.0 Å². The molecule has 0 amide bonds. The normalized spacial score (nSPS) is 18.7. The summed E-state index contributed by atoms with van der Waals surface area (Å²) >= 11 is 0. The first-order valence-electron chi connectivity index (χ1n) is 12.9. The van der Waals surface area contributed by atoms with Gasteiger partial charge in [0.2, 0.25) is 20.0 Å². The fourth-order valence-corrected chi connectivity index (χ4v) is 7.80. The highest BCUT2D eigenvalue weighted by Gasteiger charge is 2.32. The Labute approximate surface area is 231 Å². The molecule has 0 aliphatic carbocycles. The lowest BCUT2D eigenvalue weighted by atomic mass is 9.94. The molecule has 208 valence electrons.